The number of aryl methyl sites for hydroxylation is 1. The Morgan fingerprint density at radius 3 is 3.00 bits per heavy atom. The van der Waals surface area contributed by atoms with Crippen molar-refractivity contribution in [2.24, 2.45) is 0 Å². The van der Waals surface area contributed by atoms with Gasteiger partial charge in [-0.1, -0.05) is 0 Å². The molecule has 0 aliphatic carbocycles. The largest absolute Gasteiger partial charge is 0.351 e. The van der Waals surface area contributed by atoms with E-state index in [1.54, 1.807) is 13.1 Å². The highest BCUT2D eigenvalue weighted by atomic mass is 35.5. The fourth-order valence-electron chi connectivity index (χ4n) is 1.04. The lowest BCUT2D eigenvalue weighted by atomic mass is 10.2. The monoisotopic (exact) mass is 212 g/mol. The summed E-state index contributed by atoms with van der Waals surface area (Å²) in [7, 11) is 0. The molecule has 1 aromatic heterocycles. The van der Waals surface area contributed by atoms with Crippen molar-refractivity contribution in [2.45, 2.75) is 25.8 Å². The Kier molecular flexibility index (Phi) is 3.89. The third-order valence-electron chi connectivity index (χ3n) is 1.79. The molecule has 1 amide bonds. The Bertz CT molecular complexity index is 326. The Morgan fingerprint density at radius 2 is 2.43 bits per heavy atom. The van der Waals surface area contributed by atoms with Gasteiger partial charge < -0.3 is 5.32 Å². The Hall–Kier alpha value is -1.09. The number of hydrogen-bond acceptors (Lipinski definition) is 2. The predicted octanol–water partition coefficient (Wildman–Crippen LogP) is 1.63. The summed E-state index contributed by atoms with van der Waals surface area (Å²) >= 11 is 5.60. The summed E-state index contributed by atoms with van der Waals surface area (Å²) in [5.74, 6) is -0.152. The molecular weight excluding hydrogens is 200 g/mol. The van der Waals surface area contributed by atoms with E-state index in [-0.39, 0.29) is 5.91 Å². The van der Waals surface area contributed by atoms with E-state index in [1.807, 2.05) is 19.1 Å². The van der Waals surface area contributed by atoms with Gasteiger partial charge in [-0.3, -0.25) is 9.78 Å². The molecule has 0 saturated carbocycles. The summed E-state index contributed by atoms with van der Waals surface area (Å²) in [6.07, 6.45) is 1.72. The van der Waals surface area contributed by atoms with E-state index in [1.165, 1.54) is 0 Å². The van der Waals surface area contributed by atoms with E-state index >= 15 is 0 Å². The first kappa shape index (κ1) is 11.0. The molecule has 1 rings (SSSR count). The van der Waals surface area contributed by atoms with Crippen LogP contribution in [-0.4, -0.2) is 16.3 Å². The van der Waals surface area contributed by atoms with Crippen molar-refractivity contribution >= 4 is 17.5 Å². The molecule has 0 saturated heterocycles. The fourth-order valence-corrected chi connectivity index (χ4v) is 1.12. The van der Waals surface area contributed by atoms with Crippen molar-refractivity contribution in [3.05, 3.63) is 29.6 Å². The van der Waals surface area contributed by atoms with Gasteiger partial charge >= 0.3 is 0 Å². The van der Waals surface area contributed by atoms with Crippen molar-refractivity contribution in [1.82, 2.24) is 10.3 Å². The number of rotatable bonds is 3. The molecule has 1 atom stereocenters. The van der Waals surface area contributed by atoms with E-state index in [0.717, 1.165) is 11.3 Å². The Balaban J connectivity index is 2.50. The first-order valence-electron chi connectivity index (χ1n) is 4.43. The lowest BCUT2D eigenvalue weighted by Gasteiger charge is -2.06. The van der Waals surface area contributed by atoms with Gasteiger partial charge in [-0.2, -0.15) is 0 Å². The maximum Gasteiger partial charge on any atom is 0.238 e. The van der Waals surface area contributed by atoms with Crippen molar-refractivity contribution in [3.8, 4) is 0 Å². The summed E-state index contributed by atoms with van der Waals surface area (Å²) in [5, 5.41) is 2.24. The molecule has 0 aromatic carbocycles. The van der Waals surface area contributed by atoms with Gasteiger partial charge in [0.2, 0.25) is 5.91 Å². The zero-order valence-corrected chi connectivity index (χ0v) is 9.01. The number of carbonyl (C=O) groups is 1. The predicted molar refractivity (Wildman–Crippen MR) is 56.1 cm³/mol. The average Bonchev–Trinajstić information content (AvgIpc) is 2.14. The number of amides is 1. The molecule has 0 fully saturated rings. The van der Waals surface area contributed by atoms with Crippen LogP contribution in [0.4, 0.5) is 0 Å². The third-order valence-corrected chi connectivity index (χ3v) is 1.99. The van der Waals surface area contributed by atoms with Gasteiger partial charge in [0, 0.05) is 18.4 Å². The maximum absolute atomic E-state index is 11.1. The van der Waals surface area contributed by atoms with Gasteiger partial charge in [0.1, 0.15) is 5.38 Å². The number of pyridine rings is 1. The zero-order valence-electron chi connectivity index (χ0n) is 8.25. The third kappa shape index (κ3) is 3.34. The molecule has 0 aliphatic heterocycles. The van der Waals surface area contributed by atoms with Gasteiger partial charge in [-0.25, -0.2) is 0 Å². The van der Waals surface area contributed by atoms with Crippen LogP contribution >= 0.6 is 11.6 Å². The van der Waals surface area contributed by atoms with Crippen LogP contribution in [0, 0.1) is 6.92 Å². The van der Waals surface area contributed by atoms with Gasteiger partial charge in [0.15, 0.2) is 0 Å². The van der Waals surface area contributed by atoms with Crippen LogP contribution in [0.5, 0.6) is 0 Å². The van der Waals surface area contributed by atoms with Crippen LogP contribution in [0.25, 0.3) is 0 Å². The molecule has 0 aliphatic rings. The molecule has 0 radical (unpaired) electrons. The minimum absolute atomic E-state index is 0.152. The number of nitrogens with zero attached hydrogens (tertiary/aromatic N) is 1. The van der Waals surface area contributed by atoms with Gasteiger partial charge in [0.05, 0.1) is 0 Å². The van der Waals surface area contributed by atoms with E-state index in [4.69, 9.17) is 11.6 Å². The second-order valence-corrected chi connectivity index (χ2v) is 3.79. The summed E-state index contributed by atoms with van der Waals surface area (Å²) in [6, 6.07) is 3.80. The van der Waals surface area contributed by atoms with Crippen molar-refractivity contribution < 1.29 is 4.79 Å². The first-order valence-corrected chi connectivity index (χ1v) is 4.86. The highest BCUT2D eigenvalue weighted by Gasteiger charge is 2.07. The molecule has 1 unspecified atom stereocenters. The average molecular weight is 213 g/mol. The van der Waals surface area contributed by atoms with E-state index in [9.17, 15) is 4.79 Å². The number of carbonyl (C=O) groups excluding carboxylic acids is 1. The Morgan fingerprint density at radius 1 is 1.71 bits per heavy atom. The molecule has 4 heteroatoms. The SMILES string of the molecule is Cc1cc(CNC(=O)C(C)Cl)ccn1. The minimum Gasteiger partial charge on any atom is -0.351 e. The van der Waals surface area contributed by atoms with Crippen LogP contribution in [0.3, 0.4) is 0 Å². The van der Waals surface area contributed by atoms with Crippen molar-refractivity contribution in [2.75, 3.05) is 0 Å². The molecule has 0 bridgehead atoms. The van der Waals surface area contributed by atoms with Crippen molar-refractivity contribution in [1.29, 1.82) is 0 Å². The topological polar surface area (TPSA) is 42.0 Å². The molecule has 3 nitrogen and oxygen atoms in total. The lowest BCUT2D eigenvalue weighted by molar-refractivity contribution is -0.120. The fraction of sp³-hybridized carbons (Fsp3) is 0.400. The molecule has 76 valence electrons. The molecule has 1 N–H and O–H groups in total. The molecule has 0 spiro atoms. The van der Waals surface area contributed by atoms with E-state index in [0.29, 0.717) is 6.54 Å². The van der Waals surface area contributed by atoms with Crippen LogP contribution < -0.4 is 5.32 Å². The number of halogens is 1. The lowest BCUT2D eigenvalue weighted by Crippen LogP contribution is -2.29. The quantitative estimate of drug-likeness (QED) is 0.774. The molecule has 14 heavy (non-hydrogen) atoms. The molecule has 1 heterocycles. The van der Waals surface area contributed by atoms with Crippen LogP contribution in [0.15, 0.2) is 18.3 Å². The minimum atomic E-state index is -0.488. The highest BCUT2D eigenvalue weighted by molar-refractivity contribution is 6.30. The summed E-state index contributed by atoms with van der Waals surface area (Å²) in [5.41, 5.74) is 1.97. The standard InChI is InChI=1S/C10H13ClN2O/c1-7-5-9(3-4-12-7)6-13-10(14)8(2)11/h3-5,8H,6H2,1-2H3,(H,13,14). The van der Waals surface area contributed by atoms with Crippen LogP contribution in [-0.2, 0) is 11.3 Å². The second-order valence-electron chi connectivity index (χ2n) is 3.14. The Labute approximate surface area is 88.5 Å². The number of hydrogen-bond donors (Lipinski definition) is 1. The maximum atomic E-state index is 11.1. The number of nitrogens with one attached hydrogen (secondary N) is 1. The van der Waals surface area contributed by atoms with Crippen LogP contribution in [0.1, 0.15) is 18.2 Å². The van der Waals surface area contributed by atoms with Gasteiger partial charge in [0.25, 0.3) is 0 Å². The summed E-state index contributed by atoms with van der Waals surface area (Å²) in [6.45, 7) is 4.06. The normalized spacial score (nSPS) is 12.2. The zero-order chi connectivity index (χ0) is 10.6. The number of aromatic nitrogens is 1. The van der Waals surface area contributed by atoms with Gasteiger partial charge in [-0.05, 0) is 31.5 Å². The summed E-state index contributed by atoms with van der Waals surface area (Å²) in [4.78, 5) is 15.2. The molecule has 1 aromatic rings. The second kappa shape index (κ2) is 4.96. The first-order chi connectivity index (χ1) is 6.59. The van der Waals surface area contributed by atoms with Crippen molar-refractivity contribution in [3.63, 3.8) is 0 Å². The highest BCUT2D eigenvalue weighted by Crippen LogP contribution is 2.01. The number of alkyl halides is 1. The van der Waals surface area contributed by atoms with E-state index in [2.05, 4.69) is 10.3 Å². The van der Waals surface area contributed by atoms with E-state index < -0.39 is 5.38 Å². The smallest absolute Gasteiger partial charge is 0.238 e. The van der Waals surface area contributed by atoms with Gasteiger partial charge in [-0.15, -0.1) is 11.6 Å². The molecular formula is C10H13ClN2O. The van der Waals surface area contributed by atoms with Crippen LogP contribution in [0.2, 0.25) is 0 Å². The summed E-state index contributed by atoms with van der Waals surface area (Å²) < 4.78 is 0.